The van der Waals surface area contributed by atoms with Gasteiger partial charge in [-0.15, -0.1) is 0 Å². The molecular weight excluding hydrogens is 1020 g/mol. The number of nitrogens with one attached hydrogen (secondary N) is 4. The molecule has 0 spiro atoms. The number of halogens is 4. The van der Waals surface area contributed by atoms with Crippen LogP contribution in [-0.2, 0) is 20.5 Å². The molecule has 28 heteroatoms. The minimum Gasteiger partial charge on any atom is -0.396 e. The van der Waals surface area contributed by atoms with Crippen molar-refractivity contribution in [1.82, 2.24) is 69.3 Å². The largest absolute Gasteiger partial charge is 0.396 e. The molecule has 4 atom stereocenters. The van der Waals surface area contributed by atoms with E-state index < -0.39 is 52.6 Å². The van der Waals surface area contributed by atoms with Crippen molar-refractivity contribution in [3.05, 3.63) is 92.0 Å². The summed E-state index contributed by atoms with van der Waals surface area (Å²) in [5.74, 6) is 2.26. The van der Waals surface area contributed by atoms with E-state index in [1.165, 1.54) is 32.3 Å². The number of hydrogen-bond acceptors (Lipinski definition) is 20. The van der Waals surface area contributed by atoms with Crippen LogP contribution >= 0.6 is 0 Å². The average Bonchev–Trinajstić information content (AvgIpc) is 4.22. The lowest BCUT2D eigenvalue weighted by molar-refractivity contribution is -0.0163. The van der Waals surface area contributed by atoms with Crippen molar-refractivity contribution in [3.8, 4) is 23.2 Å². The van der Waals surface area contributed by atoms with Gasteiger partial charge < -0.3 is 42.9 Å². The highest BCUT2D eigenvalue weighted by Gasteiger charge is 2.52. The Morgan fingerprint density at radius 3 is 1.60 bits per heavy atom. The second-order valence-corrected chi connectivity index (χ2v) is 21.6. The molecule has 4 saturated heterocycles. The van der Waals surface area contributed by atoms with Crippen molar-refractivity contribution in [2.45, 2.75) is 126 Å². The van der Waals surface area contributed by atoms with Gasteiger partial charge in [-0.2, -0.15) is 28.7 Å². The summed E-state index contributed by atoms with van der Waals surface area (Å²) >= 11 is 0. The van der Waals surface area contributed by atoms with E-state index in [9.17, 15) is 23.5 Å². The number of tetrazole rings is 2. The van der Waals surface area contributed by atoms with Gasteiger partial charge in [0, 0.05) is 57.0 Å². The lowest BCUT2D eigenvalue weighted by atomic mass is 9.80. The molecule has 4 aliphatic rings. The van der Waals surface area contributed by atoms with E-state index in [-0.39, 0.29) is 75.9 Å². The van der Waals surface area contributed by atoms with Gasteiger partial charge in [-0.3, -0.25) is 9.80 Å². The first kappa shape index (κ1) is 55.3. The minimum atomic E-state index is -0.735. The van der Waals surface area contributed by atoms with E-state index in [0.717, 1.165) is 88.8 Å². The van der Waals surface area contributed by atoms with Crippen LogP contribution in [-0.4, -0.2) is 140 Å². The van der Waals surface area contributed by atoms with E-state index in [1.54, 1.807) is 0 Å². The van der Waals surface area contributed by atoms with Gasteiger partial charge in [-0.05, 0) is 143 Å². The number of fused-ring (bicyclic) bond motifs is 2. The van der Waals surface area contributed by atoms with Gasteiger partial charge in [-0.1, -0.05) is 11.8 Å². The van der Waals surface area contributed by atoms with Crippen molar-refractivity contribution >= 4 is 34.9 Å². The molecule has 0 saturated carbocycles. The first-order valence-electron chi connectivity index (χ1n) is 25.6. The number of benzene rings is 2. The number of aryl methyl sites for hydroxylation is 3. The normalized spacial score (nSPS) is 22.4. The zero-order valence-corrected chi connectivity index (χ0v) is 44.2. The van der Waals surface area contributed by atoms with Gasteiger partial charge >= 0.3 is 11.4 Å². The van der Waals surface area contributed by atoms with Crippen LogP contribution in [0.2, 0.25) is 0 Å². The highest BCUT2D eigenvalue weighted by Crippen LogP contribution is 2.44. The fourth-order valence-electron chi connectivity index (χ4n) is 11.7. The van der Waals surface area contributed by atoms with Gasteiger partial charge in [0.15, 0.2) is 23.3 Å². The summed E-state index contributed by atoms with van der Waals surface area (Å²) in [6.07, 6.45) is 9.23. The SMILES string of the molecule is Cn1nnn(-c2cc(Nc3ncc(F)c(N[C@H]4CC(C)(C)N5CCC[C@@]5(N)C4)n3)c(F)cc2C#CCO)c1=O.Cn1nnn(-c2cc(Nc3ncc(F)c(N[C@H]4CC(C)(C)N5CCC[C@@]5(N)C4)n3)c(F)cc2CCCO)c1=O. The maximum atomic E-state index is 15.2. The summed E-state index contributed by atoms with van der Waals surface area (Å²) in [5.41, 5.74) is 12.0. The molecule has 0 aliphatic carbocycles. The maximum Gasteiger partial charge on any atom is 0.368 e. The Kier molecular flexibility index (Phi) is 15.5. The van der Waals surface area contributed by atoms with Crippen LogP contribution in [0.1, 0.15) is 96.6 Å². The van der Waals surface area contributed by atoms with Crippen LogP contribution in [0.15, 0.2) is 46.2 Å². The molecule has 10 N–H and O–H groups in total. The predicted molar refractivity (Wildman–Crippen MR) is 280 cm³/mol. The molecular formula is C50H64F4N20O4. The molecule has 4 aliphatic heterocycles. The number of hydrogen-bond donors (Lipinski definition) is 8. The first-order chi connectivity index (χ1) is 37.0. The van der Waals surface area contributed by atoms with Crippen molar-refractivity contribution in [1.29, 1.82) is 0 Å². The van der Waals surface area contributed by atoms with Crippen LogP contribution in [0.5, 0.6) is 0 Å². The summed E-state index contributed by atoms with van der Waals surface area (Å²) in [5, 5.41) is 45.3. The topological polar surface area (TPSA) is 304 Å². The molecule has 0 unspecified atom stereocenters. The highest BCUT2D eigenvalue weighted by molar-refractivity contribution is 5.65. The molecule has 24 nitrogen and oxygen atoms in total. The Hall–Kier alpha value is -7.42. The molecule has 0 radical (unpaired) electrons. The van der Waals surface area contributed by atoms with E-state index >= 15 is 8.78 Å². The number of aliphatic hydroxyl groups is 2. The maximum absolute atomic E-state index is 15.2. The van der Waals surface area contributed by atoms with Gasteiger partial charge in [0.05, 0.1) is 52.0 Å². The van der Waals surface area contributed by atoms with Crippen LogP contribution < -0.4 is 44.1 Å². The Bertz CT molecular complexity index is 3390. The third-order valence-electron chi connectivity index (χ3n) is 14.9. The van der Waals surface area contributed by atoms with Crippen molar-refractivity contribution in [3.63, 3.8) is 0 Å². The van der Waals surface area contributed by atoms with Crippen LogP contribution in [0.4, 0.5) is 52.5 Å². The zero-order chi connectivity index (χ0) is 55.9. The van der Waals surface area contributed by atoms with Crippen molar-refractivity contribution in [2.75, 3.05) is 47.6 Å². The third-order valence-corrected chi connectivity index (χ3v) is 14.9. The number of nitrogens with zero attached hydrogens (tertiary/aromatic N) is 14. The average molecular weight is 1090 g/mol. The van der Waals surface area contributed by atoms with Crippen molar-refractivity contribution < 1.29 is 27.8 Å². The Morgan fingerprint density at radius 1 is 0.667 bits per heavy atom. The molecule has 8 heterocycles. The molecule has 0 amide bonds. The molecule has 416 valence electrons. The summed E-state index contributed by atoms with van der Waals surface area (Å²) in [7, 11) is 2.87. The first-order valence-corrected chi connectivity index (χ1v) is 25.6. The molecule has 0 bridgehead atoms. The Balaban J connectivity index is 0.000000190. The molecule has 4 aromatic heterocycles. The zero-order valence-electron chi connectivity index (χ0n) is 44.2. The Labute approximate surface area is 445 Å². The van der Waals surface area contributed by atoms with Crippen LogP contribution in [0.3, 0.4) is 0 Å². The Morgan fingerprint density at radius 2 is 1.14 bits per heavy atom. The van der Waals surface area contributed by atoms with Gasteiger partial charge in [0.1, 0.15) is 18.2 Å². The third kappa shape index (κ3) is 11.3. The molecule has 6 aromatic rings. The van der Waals surface area contributed by atoms with Gasteiger partial charge in [0.25, 0.3) is 0 Å². The van der Waals surface area contributed by atoms with Crippen molar-refractivity contribution in [2.24, 2.45) is 25.6 Å². The molecule has 10 rings (SSSR count). The fraction of sp³-hybridized carbons (Fsp3) is 0.520. The second kappa shape index (κ2) is 21.8. The highest BCUT2D eigenvalue weighted by atomic mass is 19.1. The van der Waals surface area contributed by atoms with E-state index in [0.29, 0.717) is 36.9 Å². The quantitative estimate of drug-likeness (QED) is 0.0609. The number of anilines is 6. The van der Waals surface area contributed by atoms with Gasteiger partial charge in [0.2, 0.25) is 11.9 Å². The summed E-state index contributed by atoms with van der Waals surface area (Å²) in [6, 6.07) is 4.79. The second-order valence-electron chi connectivity index (χ2n) is 21.6. The number of rotatable bonds is 13. The summed E-state index contributed by atoms with van der Waals surface area (Å²) in [4.78, 5) is 46.2. The lowest BCUT2D eigenvalue weighted by Crippen LogP contribution is -2.66. The van der Waals surface area contributed by atoms with Crippen LogP contribution in [0.25, 0.3) is 11.4 Å². The number of aromatic nitrogens is 12. The fourth-order valence-corrected chi connectivity index (χ4v) is 11.7. The molecule has 2 aromatic carbocycles. The summed E-state index contributed by atoms with van der Waals surface area (Å²) < 4.78 is 63.9. The standard InChI is InChI=1S/C25H34F2N10O2.C25H30F2N10O2/c2*1-24(2)12-16(13-25(28)7-5-8-36(24)25)30-21-18(27)14-29-22(32-21)31-19-11-20(37-23(39)35(3)33-34-37)15(6-4-9-38)10-17(19)26/h10-11,14,16,38H,4-9,12-13,28H2,1-3H3,(H2,29,30,31,32);10-11,14,16,38H,5,7-9,12-13,28H2,1-3H3,(H2,29,30,31,32)/t2*16-,25-/m00/s1. The van der Waals surface area contributed by atoms with E-state index in [1.807, 2.05) is 0 Å². The predicted octanol–water partition coefficient (Wildman–Crippen LogP) is 3.03. The molecule has 78 heavy (non-hydrogen) atoms. The lowest BCUT2D eigenvalue weighted by Gasteiger charge is -2.53. The molecule has 4 fully saturated rings. The smallest absolute Gasteiger partial charge is 0.368 e. The summed E-state index contributed by atoms with van der Waals surface area (Å²) in [6.45, 7) is 9.87. The monoisotopic (exact) mass is 1080 g/mol. The van der Waals surface area contributed by atoms with E-state index in [4.69, 9.17) is 16.6 Å². The van der Waals surface area contributed by atoms with Crippen LogP contribution in [0, 0.1) is 35.1 Å². The minimum absolute atomic E-state index is 0.00584. The number of aliphatic hydroxyl groups excluding tert-OH is 2. The number of nitrogens with two attached hydrogens (primary N) is 2. The van der Waals surface area contributed by atoms with E-state index in [2.05, 4.69) is 111 Å². The van der Waals surface area contributed by atoms with Gasteiger partial charge in [-0.25, -0.2) is 37.1 Å². The number of piperidine rings is 2.